The largest absolute Gasteiger partial charge is 0.465 e. The Hall–Kier alpha value is -1.91. The van der Waals surface area contributed by atoms with E-state index in [0.29, 0.717) is 12.2 Å². The van der Waals surface area contributed by atoms with E-state index < -0.39 is 0 Å². The van der Waals surface area contributed by atoms with Gasteiger partial charge in [-0.15, -0.1) is 0 Å². The van der Waals surface area contributed by atoms with Crippen LogP contribution in [0.25, 0.3) is 0 Å². The first kappa shape index (κ1) is 13.5. The molecule has 2 rings (SSSR count). The maximum absolute atomic E-state index is 12.4. The summed E-state index contributed by atoms with van der Waals surface area (Å²) in [6, 6.07) is 1.95. The van der Waals surface area contributed by atoms with E-state index in [1.165, 1.54) is 6.20 Å². The van der Waals surface area contributed by atoms with Gasteiger partial charge in [0, 0.05) is 18.4 Å². The highest BCUT2D eigenvalue weighted by Crippen LogP contribution is 2.28. The van der Waals surface area contributed by atoms with Gasteiger partial charge in [-0.2, -0.15) is 0 Å². The van der Waals surface area contributed by atoms with E-state index in [2.05, 4.69) is 4.98 Å². The molecule has 1 aromatic rings. The minimum atomic E-state index is -0.358. The monoisotopic (exact) mass is 262 g/mol. The zero-order valence-corrected chi connectivity index (χ0v) is 11.3. The van der Waals surface area contributed by atoms with Crippen molar-refractivity contribution in [2.45, 2.75) is 32.7 Å². The number of aryl methyl sites for hydroxylation is 1. The summed E-state index contributed by atoms with van der Waals surface area (Å²) >= 11 is 0. The Kier molecular flexibility index (Phi) is 4.14. The smallest absolute Gasteiger partial charge is 0.325 e. The molecule has 1 aliphatic carbocycles. The third-order valence-corrected chi connectivity index (χ3v) is 2.98. The maximum Gasteiger partial charge on any atom is 0.325 e. The average Bonchev–Trinajstić information content (AvgIpc) is 3.20. The third kappa shape index (κ3) is 3.53. The second kappa shape index (κ2) is 5.82. The first-order chi connectivity index (χ1) is 9.11. The van der Waals surface area contributed by atoms with Crippen molar-refractivity contribution < 1.29 is 14.3 Å². The van der Waals surface area contributed by atoms with E-state index in [1.54, 1.807) is 24.1 Å². The quantitative estimate of drug-likeness (QED) is 0.755. The summed E-state index contributed by atoms with van der Waals surface area (Å²) in [7, 11) is 0. The molecule has 5 heteroatoms. The second-order valence-electron chi connectivity index (χ2n) is 4.72. The molecule has 0 aromatic carbocycles. The SMILES string of the molecule is CCOC(=O)CN(C(=O)c1cncc(C)c1)C1CC1. The predicted octanol–water partition coefficient (Wildman–Crippen LogP) is 1.56. The van der Waals surface area contributed by atoms with Crippen LogP contribution in [-0.4, -0.2) is 41.0 Å². The topological polar surface area (TPSA) is 59.5 Å². The van der Waals surface area contributed by atoms with Crippen LogP contribution in [0.3, 0.4) is 0 Å². The van der Waals surface area contributed by atoms with E-state index >= 15 is 0 Å². The van der Waals surface area contributed by atoms with Gasteiger partial charge in [0.05, 0.1) is 12.2 Å². The highest BCUT2D eigenvalue weighted by Gasteiger charge is 2.34. The number of rotatable bonds is 5. The molecule has 1 aromatic heterocycles. The van der Waals surface area contributed by atoms with Crippen LogP contribution in [0.5, 0.6) is 0 Å². The van der Waals surface area contributed by atoms with Crippen molar-refractivity contribution in [1.29, 1.82) is 0 Å². The zero-order valence-electron chi connectivity index (χ0n) is 11.3. The highest BCUT2D eigenvalue weighted by atomic mass is 16.5. The van der Waals surface area contributed by atoms with Crippen molar-refractivity contribution in [1.82, 2.24) is 9.88 Å². The molecular weight excluding hydrogens is 244 g/mol. The van der Waals surface area contributed by atoms with Crippen LogP contribution in [-0.2, 0) is 9.53 Å². The van der Waals surface area contributed by atoms with E-state index in [9.17, 15) is 9.59 Å². The van der Waals surface area contributed by atoms with Crippen molar-refractivity contribution in [3.8, 4) is 0 Å². The average molecular weight is 262 g/mol. The van der Waals surface area contributed by atoms with Crippen LogP contribution in [0.15, 0.2) is 18.5 Å². The Labute approximate surface area is 112 Å². The molecule has 0 atom stereocenters. The number of esters is 1. The van der Waals surface area contributed by atoms with E-state index in [-0.39, 0.29) is 24.5 Å². The van der Waals surface area contributed by atoms with Crippen molar-refractivity contribution in [3.63, 3.8) is 0 Å². The molecule has 0 saturated heterocycles. The van der Waals surface area contributed by atoms with Gasteiger partial charge in [0.2, 0.25) is 0 Å². The molecule has 1 heterocycles. The molecule has 0 radical (unpaired) electrons. The van der Waals surface area contributed by atoms with Gasteiger partial charge >= 0.3 is 5.97 Å². The Morgan fingerprint density at radius 2 is 2.16 bits per heavy atom. The molecule has 0 N–H and O–H groups in total. The lowest BCUT2D eigenvalue weighted by Gasteiger charge is -2.21. The Balaban J connectivity index is 2.10. The summed E-state index contributed by atoms with van der Waals surface area (Å²) in [5.74, 6) is -0.505. The predicted molar refractivity (Wildman–Crippen MR) is 69.7 cm³/mol. The summed E-state index contributed by atoms with van der Waals surface area (Å²) < 4.78 is 4.91. The third-order valence-electron chi connectivity index (χ3n) is 2.98. The number of amides is 1. The number of aromatic nitrogens is 1. The van der Waals surface area contributed by atoms with Crippen LogP contribution in [0, 0.1) is 6.92 Å². The zero-order chi connectivity index (χ0) is 13.8. The molecule has 1 saturated carbocycles. The Morgan fingerprint density at radius 3 is 2.74 bits per heavy atom. The molecule has 19 heavy (non-hydrogen) atoms. The number of carbonyl (C=O) groups is 2. The number of pyridine rings is 1. The first-order valence-electron chi connectivity index (χ1n) is 6.50. The van der Waals surface area contributed by atoms with Gasteiger partial charge in [0.15, 0.2) is 0 Å². The lowest BCUT2D eigenvalue weighted by atomic mass is 10.2. The molecule has 102 valence electrons. The fourth-order valence-electron chi connectivity index (χ4n) is 1.94. The molecule has 1 fully saturated rings. The highest BCUT2D eigenvalue weighted by molar-refractivity contribution is 5.96. The molecule has 0 bridgehead atoms. The van der Waals surface area contributed by atoms with Crippen LogP contribution < -0.4 is 0 Å². The second-order valence-corrected chi connectivity index (χ2v) is 4.72. The van der Waals surface area contributed by atoms with Crippen molar-refractivity contribution in [3.05, 3.63) is 29.6 Å². The first-order valence-corrected chi connectivity index (χ1v) is 6.50. The lowest BCUT2D eigenvalue weighted by Crippen LogP contribution is -2.38. The normalized spacial score (nSPS) is 14.0. The van der Waals surface area contributed by atoms with E-state index in [4.69, 9.17) is 4.74 Å². The molecular formula is C14H18N2O3. The summed E-state index contributed by atoms with van der Waals surface area (Å²) in [5.41, 5.74) is 1.45. The van der Waals surface area contributed by atoms with Gasteiger partial charge in [-0.05, 0) is 38.3 Å². The van der Waals surface area contributed by atoms with Crippen LogP contribution >= 0.6 is 0 Å². The number of ether oxygens (including phenoxy) is 1. The maximum atomic E-state index is 12.4. The Morgan fingerprint density at radius 1 is 1.42 bits per heavy atom. The summed E-state index contributed by atoms with van der Waals surface area (Å²) in [6.45, 7) is 3.99. The number of nitrogens with zero attached hydrogens (tertiary/aromatic N) is 2. The van der Waals surface area contributed by atoms with Crippen LogP contribution in [0.4, 0.5) is 0 Å². The summed E-state index contributed by atoms with van der Waals surface area (Å²) in [4.78, 5) is 29.6. The van der Waals surface area contributed by atoms with Gasteiger partial charge in [-0.1, -0.05) is 0 Å². The van der Waals surface area contributed by atoms with Crippen LogP contribution in [0.1, 0.15) is 35.7 Å². The fraction of sp³-hybridized carbons (Fsp3) is 0.500. The van der Waals surface area contributed by atoms with Crippen LogP contribution in [0.2, 0.25) is 0 Å². The van der Waals surface area contributed by atoms with Gasteiger partial charge in [0.25, 0.3) is 5.91 Å². The van der Waals surface area contributed by atoms with Crippen molar-refractivity contribution in [2.75, 3.05) is 13.2 Å². The number of carbonyl (C=O) groups excluding carboxylic acids is 2. The Bertz CT molecular complexity index is 483. The molecule has 0 aliphatic heterocycles. The minimum absolute atomic E-state index is 0.0191. The molecule has 0 unspecified atom stereocenters. The van der Waals surface area contributed by atoms with Gasteiger partial charge in [0.1, 0.15) is 6.54 Å². The summed E-state index contributed by atoms with van der Waals surface area (Å²) in [6.07, 6.45) is 5.13. The fourth-order valence-corrected chi connectivity index (χ4v) is 1.94. The molecule has 5 nitrogen and oxygen atoms in total. The molecule has 1 aliphatic rings. The van der Waals surface area contributed by atoms with Gasteiger partial charge in [-0.25, -0.2) is 0 Å². The minimum Gasteiger partial charge on any atom is -0.465 e. The van der Waals surface area contributed by atoms with E-state index in [0.717, 1.165) is 18.4 Å². The van der Waals surface area contributed by atoms with Crippen molar-refractivity contribution >= 4 is 11.9 Å². The molecule has 1 amide bonds. The summed E-state index contributed by atoms with van der Waals surface area (Å²) in [5, 5.41) is 0. The number of hydrogen-bond donors (Lipinski definition) is 0. The van der Waals surface area contributed by atoms with Gasteiger partial charge in [-0.3, -0.25) is 14.6 Å². The molecule has 0 spiro atoms. The van der Waals surface area contributed by atoms with Crippen molar-refractivity contribution in [2.24, 2.45) is 0 Å². The lowest BCUT2D eigenvalue weighted by molar-refractivity contribution is -0.144. The number of hydrogen-bond acceptors (Lipinski definition) is 4. The standard InChI is InChI=1S/C14H18N2O3/c1-3-19-13(17)9-16(12-4-5-12)14(18)11-6-10(2)7-15-8-11/h6-8,12H,3-5,9H2,1-2H3. The van der Waals surface area contributed by atoms with Gasteiger partial charge < -0.3 is 9.64 Å². The van der Waals surface area contributed by atoms with E-state index in [1.807, 2.05) is 6.92 Å².